The van der Waals surface area contributed by atoms with Crippen molar-refractivity contribution in [3.63, 3.8) is 0 Å². The van der Waals surface area contributed by atoms with Gasteiger partial charge < -0.3 is 30.3 Å². The first kappa shape index (κ1) is 25.1. The van der Waals surface area contributed by atoms with E-state index in [1.807, 2.05) is 0 Å². The number of amides is 3. The van der Waals surface area contributed by atoms with Crippen LogP contribution in [0.3, 0.4) is 0 Å². The van der Waals surface area contributed by atoms with E-state index in [-0.39, 0.29) is 42.8 Å². The minimum Gasteiger partial charge on any atom is -0.454 e. The predicted octanol–water partition coefficient (Wildman–Crippen LogP) is 5.61. The lowest BCUT2D eigenvalue weighted by Gasteiger charge is -2.44. The SMILES string of the molecule is O=C(Nc1ccc2c(c1)OCO2)N[C@@H]1CCCC[C@@H]1C(=O)N1CC[C@@H]2[C@H](C3C=CC=CC3)Nc3ccccc3[C@@H]21. The van der Waals surface area contributed by atoms with Gasteiger partial charge in [0.15, 0.2) is 11.5 Å². The second kappa shape index (κ2) is 10.6. The molecule has 2 aliphatic carbocycles. The van der Waals surface area contributed by atoms with E-state index in [0.29, 0.717) is 29.0 Å². The summed E-state index contributed by atoms with van der Waals surface area (Å²) in [4.78, 5) is 29.5. The quantitative estimate of drug-likeness (QED) is 0.469. The van der Waals surface area contributed by atoms with E-state index in [0.717, 1.165) is 50.8 Å². The lowest BCUT2D eigenvalue weighted by atomic mass is 9.75. The molecule has 6 atom stereocenters. The van der Waals surface area contributed by atoms with E-state index in [1.54, 1.807) is 18.2 Å². The smallest absolute Gasteiger partial charge is 0.319 e. The van der Waals surface area contributed by atoms with Crippen molar-refractivity contribution in [2.45, 2.75) is 56.7 Å². The molecule has 3 amide bonds. The molecule has 3 heterocycles. The molecular formula is C32H36N4O4. The zero-order valence-electron chi connectivity index (χ0n) is 22.6. The fourth-order valence-corrected chi connectivity index (χ4v) is 7.42. The fraction of sp³-hybridized carbons (Fsp3) is 0.438. The third kappa shape index (κ3) is 4.59. The summed E-state index contributed by atoms with van der Waals surface area (Å²) in [6, 6.07) is 13.7. The van der Waals surface area contributed by atoms with Gasteiger partial charge in [-0.3, -0.25) is 4.79 Å². The number of para-hydroxylation sites is 1. The van der Waals surface area contributed by atoms with Gasteiger partial charge in [-0.25, -0.2) is 4.79 Å². The molecule has 3 N–H and O–H groups in total. The Morgan fingerprint density at radius 2 is 1.85 bits per heavy atom. The second-order valence-electron chi connectivity index (χ2n) is 11.6. The Morgan fingerprint density at radius 3 is 2.75 bits per heavy atom. The molecule has 5 aliphatic rings. The standard InChI is InChI=1S/C32H36N4O4/c37-31(23-11-5-7-13-26(23)35-32(38)33-21-14-15-27-28(18-21)40-19-39-27)36-17-16-24-29(20-8-2-1-3-9-20)34-25-12-6-4-10-22(25)30(24)36/h1-4,6,8,10,12,14-15,18,20,23-24,26,29-30,34H,5,7,9,11,13,16-17,19H2,(H2,33,35,38)/t20?,23-,24+,26+,29-,30-/m0/s1. The third-order valence-electron chi connectivity index (χ3n) is 9.30. The molecule has 1 saturated heterocycles. The van der Waals surface area contributed by atoms with Crippen molar-refractivity contribution in [1.29, 1.82) is 0 Å². The molecule has 0 radical (unpaired) electrons. The predicted molar refractivity (Wildman–Crippen MR) is 153 cm³/mol. The van der Waals surface area contributed by atoms with E-state index in [2.05, 4.69) is 69.4 Å². The van der Waals surface area contributed by atoms with Crippen LogP contribution in [-0.2, 0) is 4.79 Å². The summed E-state index contributed by atoms with van der Waals surface area (Å²) in [6.07, 6.45) is 14.4. The number of benzene rings is 2. The molecule has 40 heavy (non-hydrogen) atoms. The Balaban J connectivity index is 1.09. The molecule has 208 valence electrons. The molecule has 2 fully saturated rings. The third-order valence-corrected chi connectivity index (χ3v) is 9.30. The maximum atomic E-state index is 14.3. The van der Waals surface area contributed by atoms with Gasteiger partial charge in [-0.2, -0.15) is 0 Å². The van der Waals surface area contributed by atoms with Crippen LogP contribution in [0.2, 0.25) is 0 Å². The number of fused-ring (bicyclic) bond motifs is 4. The van der Waals surface area contributed by atoms with Crippen LogP contribution in [0.5, 0.6) is 11.5 Å². The number of ether oxygens (including phenoxy) is 2. The molecule has 8 heteroatoms. The number of likely N-dealkylation sites (tertiary alicyclic amines) is 1. The Bertz CT molecular complexity index is 1360. The fourth-order valence-electron chi connectivity index (χ4n) is 7.42. The highest BCUT2D eigenvalue weighted by atomic mass is 16.7. The average molecular weight is 541 g/mol. The van der Waals surface area contributed by atoms with Gasteiger partial charge in [-0.05, 0) is 49.4 Å². The van der Waals surface area contributed by atoms with Crippen molar-refractivity contribution in [2.75, 3.05) is 24.0 Å². The molecule has 0 bridgehead atoms. The van der Waals surface area contributed by atoms with Gasteiger partial charge in [-0.1, -0.05) is 55.3 Å². The lowest BCUT2D eigenvalue weighted by molar-refractivity contribution is -0.138. The summed E-state index contributed by atoms with van der Waals surface area (Å²) in [5.74, 6) is 2.00. The topological polar surface area (TPSA) is 91.9 Å². The average Bonchev–Trinajstić information content (AvgIpc) is 3.65. The van der Waals surface area contributed by atoms with E-state index >= 15 is 0 Å². The normalized spacial score (nSPS) is 29.8. The number of urea groups is 1. The minimum atomic E-state index is -0.299. The van der Waals surface area contributed by atoms with Crippen molar-refractivity contribution in [3.8, 4) is 11.5 Å². The molecule has 0 spiro atoms. The summed E-state index contributed by atoms with van der Waals surface area (Å²) in [5.41, 5.74) is 2.98. The van der Waals surface area contributed by atoms with Gasteiger partial charge in [-0.15, -0.1) is 0 Å². The van der Waals surface area contributed by atoms with Crippen LogP contribution in [-0.4, -0.2) is 42.3 Å². The maximum Gasteiger partial charge on any atom is 0.319 e. The number of nitrogens with zero attached hydrogens (tertiary/aromatic N) is 1. The van der Waals surface area contributed by atoms with Gasteiger partial charge in [0.05, 0.1) is 12.0 Å². The molecular weight excluding hydrogens is 504 g/mol. The molecule has 2 aromatic rings. The first-order chi connectivity index (χ1) is 19.7. The molecule has 0 aromatic heterocycles. The van der Waals surface area contributed by atoms with Gasteiger partial charge in [0.25, 0.3) is 0 Å². The first-order valence-electron chi connectivity index (χ1n) is 14.6. The zero-order valence-corrected chi connectivity index (χ0v) is 22.6. The van der Waals surface area contributed by atoms with Crippen LogP contribution >= 0.6 is 0 Å². The van der Waals surface area contributed by atoms with Crippen LogP contribution in [0, 0.1) is 17.8 Å². The molecule has 1 saturated carbocycles. The van der Waals surface area contributed by atoms with Gasteiger partial charge in [0, 0.05) is 47.9 Å². The minimum absolute atomic E-state index is 0.0549. The monoisotopic (exact) mass is 540 g/mol. The van der Waals surface area contributed by atoms with Crippen molar-refractivity contribution < 1.29 is 19.1 Å². The molecule has 2 aromatic carbocycles. The Kier molecular flexibility index (Phi) is 6.61. The van der Waals surface area contributed by atoms with Gasteiger partial charge in [0.2, 0.25) is 12.7 Å². The summed E-state index contributed by atoms with van der Waals surface area (Å²) in [7, 11) is 0. The summed E-state index contributed by atoms with van der Waals surface area (Å²) in [6.45, 7) is 0.935. The molecule has 1 unspecified atom stereocenters. The number of hydrogen-bond acceptors (Lipinski definition) is 5. The number of carbonyl (C=O) groups is 2. The van der Waals surface area contributed by atoms with Crippen molar-refractivity contribution >= 4 is 23.3 Å². The number of carbonyl (C=O) groups excluding carboxylic acids is 2. The first-order valence-corrected chi connectivity index (χ1v) is 14.6. The van der Waals surface area contributed by atoms with E-state index < -0.39 is 0 Å². The van der Waals surface area contributed by atoms with E-state index in [9.17, 15) is 9.59 Å². The number of rotatable bonds is 4. The largest absolute Gasteiger partial charge is 0.454 e. The van der Waals surface area contributed by atoms with Crippen molar-refractivity contribution in [3.05, 3.63) is 72.3 Å². The lowest BCUT2D eigenvalue weighted by Crippen LogP contribution is -2.51. The highest BCUT2D eigenvalue weighted by molar-refractivity contribution is 5.91. The van der Waals surface area contributed by atoms with E-state index in [4.69, 9.17) is 9.47 Å². The molecule has 8 nitrogen and oxygen atoms in total. The van der Waals surface area contributed by atoms with Crippen LogP contribution in [0.15, 0.2) is 66.8 Å². The molecule has 3 aliphatic heterocycles. The highest BCUT2D eigenvalue weighted by Gasteiger charge is 2.49. The summed E-state index contributed by atoms with van der Waals surface area (Å²) in [5, 5.41) is 9.91. The highest BCUT2D eigenvalue weighted by Crippen LogP contribution is 2.49. The summed E-state index contributed by atoms with van der Waals surface area (Å²) < 4.78 is 10.8. The zero-order chi connectivity index (χ0) is 27.1. The Labute approximate surface area is 234 Å². The Morgan fingerprint density at radius 1 is 0.975 bits per heavy atom. The van der Waals surface area contributed by atoms with Crippen LogP contribution in [0.4, 0.5) is 16.2 Å². The molecule has 7 rings (SSSR count). The van der Waals surface area contributed by atoms with E-state index in [1.165, 1.54) is 5.56 Å². The second-order valence-corrected chi connectivity index (χ2v) is 11.6. The van der Waals surface area contributed by atoms with Crippen LogP contribution < -0.4 is 25.4 Å². The van der Waals surface area contributed by atoms with Crippen molar-refractivity contribution in [1.82, 2.24) is 10.2 Å². The van der Waals surface area contributed by atoms with Crippen LogP contribution in [0.1, 0.15) is 50.1 Å². The number of nitrogens with one attached hydrogen (secondary N) is 3. The Hall–Kier alpha value is -3.94. The maximum absolute atomic E-state index is 14.3. The number of allylic oxidation sites excluding steroid dienone is 3. The van der Waals surface area contributed by atoms with Crippen LogP contribution in [0.25, 0.3) is 0 Å². The van der Waals surface area contributed by atoms with Gasteiger partial charge >= 0.3 is 6.03 Å². The summed E-state index contributed by atoms with van der Waals surface area (Å²) >= 11 is 0. The number of anilines is 2. The number of hydrogen-bond donors (Lipinski definition) is 3. The van der Waals surface area contributed by atoms with Crippen molar-refractivity contribution in [2.24, 2.45) is 17.8 Å². The van der Waals surface area contributed by atoms with Gasteiger partial charge in [0.1, 0.15) is 0 Å².